The van der Waals surface area contributed by atoms with Crippen LogP contribution in [0.25, 0.3) is 0 Å². The number of rotatable bonds is 1. The monoisotopic (exact) mass is 405 g/mol. The Bertz CT molecular complexity index is 1370. The number of halogens is 1. The Kier molecular flexibility index (Phi) is 3.76. The fourth-order valence-electron chi connectivity index (χ4n) is 4.43. The highest BCUT2D eigenvalue weighted by molar-refractivity contribution is 6.32. The first kappa shape index (κ1) is 17.8. The van der Waals surface area contributed by atoms with E-state index in [0.29, 0.717) is 27.4 Å². The van der Waals surface area contributed by atoms with E-state index in [1.165, 1.54) is 11.6 Å². The molecular weight excluding hydrogens is 390 g/mol. The summed E-state index contributed by atoms with van der Waals surface area (Å²) in [6, 6.07) is 14.5. The predicted octanol–water partition coefficient (Wildman–Crippen LogP) is 2.82. The van der Waals surface area contributed by atoms with E-state index in [9.17, 15) is 14.4 Å². The van der Waals surface area contributed by atoms with Gasteiger partial charge >= 0.3 is 5.69 Å². The number of hydrogen-bond acceptors (Lipinski definition) is 4. The Labute approximate surface area is 170 Å². The minimum atomic E-state index is -0.662. The van der Waals surface area contributed by atoms with Crippen molar-refractivity contribution < 1.29 is 4.79 Å². The van der Waals surface area contributed by atoms with Gasteiger partial charge in [-0.05, 0) is 11.6 Å². The largest absolute Gasteiger partial charge is 0.332 e. The summed E-state index contributed by atoms with van der Waals surface area (Å²) in [5.74, 6) is -1.11. The van der Waals surface area contributed by atoms with Crippen LogP contribution >= 0.6 is 11.6 Å². The van der Waals surface area contributed by atoms with Gasteiger partial charge in [0, 0.05) is 36.2 Å². The first-order chi connectivity index (χ1) is 13.9. The third-order valence-electron chi connectivity index (χ3n) is 5.82. The van der Waals surface area contributed by atoms with E-state index in [1.807, 2.05) is 24.3 Å². The molecule has 5 rings (SSSR count). The zero-order valence-corrected chi connectivity index (χ0v) is 16.5. The first-order valence-corrected chi connectivity index (χ1v) is 9.56. The molecule has 1 aliphatic heterocycles. The number of fused-ring (bicyclic) bond motifs is 4. The lowest BCUT2D eigenvalue weighted by Crippen LogP contribution is -2.43. The number of carbonyl (C=O) groups is 1. The normalized spacial score (nSPS) is 19.4. The molecule has 1 aliphatic carbocycles. The van der Waals surface area contributed by atoms with Gasteiger partial charge in [-0.25, -0.2) is 9.79 Å². The van der Waals surface area contributed by atoms with E-state index < -0.39 is 23.1 Å². The zero-order valence-electron chi connectivity index (χ0n) is 15.7. The number of Topliss-reactive ketones (excluding diaryl/α,β-unsaturated/α-hetero) is 1. The highest BCUT2D eigenvalue weighted by Gasteiger charge is 2.48. The van der Waals surface area contributed by atoms with Crippen LogP contribution in [0.4, 0.5) is 5.82 Å². The van der Waals surface area contributed by atoms with E-state index >= 15 is 0 Å². The molecule has 0 saturated heterocycles. The van der Waals surface area contributed by atoms with Crippen LogP contribution in [0.5, 0.6) is 0 Å². The molecule has 0 bridgehead atoms. The van der Waals surface area contributed by atoms with Gasteiger partial charge in [-0.1, -0.05) is 54.1 Å². The highest BCUT2D eigenvalue weighted by Crippen LogP contribution is 2.47. The first-order valence-electron chi connectivity index (χ1n) is 9.18. The zero-order chi connectivity index (χ0) is 20.4. The van der Waals surface area contributed by atoms with E-state index in [1.54, 1.807) is 31.3 Å². The SMILES string of the molecule is Cn1c2c(c(=O)n(C)c1=O)C(c1ccccc1Cl)C1C(=O)c3ccccc3C1=N2. The van der Waals surface area contributed by atoms with Crippen LogP contribution in [-0.2, 0) is 14.1 Å². The summed E-state index contributed by atoms with van der Waals surface area (Å²) >= 11 is 6.51. The fourth-order valence-corrected chi connectivity index (χ4v) is 4.68. The third-order valence-corrected chi connectivity index (χ3v) is 6.17. The lowest BCUT2D eigenvalue weighted by atomic mass is 9.76. The van der Waals surface area contributed by atoms with Crippen molar-refractivity contribution in [3.63, 3.8) is 0 Å². The molecule has 7 heteroatoms. The van der Waals surface area contributed by atoms with Crippen molar-refractivity contribution >= 4 is 28.9 Å². The Morgan fingerprint density at radius 2 is 1.52 bits per heavy atom. The van der Waals surface area contributed by atoms with E-state index in [0.717, 1.165) is 10.1 Å². The van der Waals surface area contributed by atoms with E-state index in [2.05, 4.69) is 4.99 Å². The molecule has 2 heterocycles. The molecule has 0 spiro atoms. The second-order valence-electron chi connectivity index (χ2n) is 7.33. The number of aliphatic imine (C=N–C) groups is 1. The Morgan fingerprint density at radius 1 is 0.862 bits per heavy atom. The Balaban J connectivity index is 1.94. The van der Waals surface area contributed by atoms with Crippen LogP contribution in [0.15, 0.2) is 63.1 Å². The van der Waals surface area contributed by atoms with Gasteiger partial charge in [0.25, 0.3) is 5.56 Å². The van der Waals surface area contributed by atoms with Crippen molar-refractivity contribution in [1.29, 1.82) is 0 Å². The van der Waals surface area contributed by atoms with Gasteiger partial charge in [0.05, 0.1) is 17.2 Å². The van der Waals surface area contributed by atoms with Crippen LogP contribution in [0.3, 0.4) is 0 Å². The molecule has 2 aliphatic rings. The summed E-state index contributed by atoms with van der Waals surface area (Å²) in [6.45, 7) is 0. The standard InChI is InChI=1S/C22H16ClN3O3/c1-25-20-17(21(28)26(2)22(25)29)15(13-9-5-6-10-14(13)23)16-18(24-20)11-7-3-4-8-12(11)19(16)27/h3-10,15-16H,1-2H3. The molecule has 0 saturated carbocycles. The minimum absolute atomic E-state index is 0.0918. The Hall–Kier alpha value is -3.25. The van der Waals surface area contributed by atoms with Gasteiger partial charge in [0.15, 0.2) is 5.78 Å². The molecule has 6 nitrogen and oxygen atoms in total. The molecule has 0 N–H and O–H groups in total. The number of hydrogen-bond donors (Lipinski definition) is 0. The van der Waals surface area contributed by atoms with E-state index in [-0.39, 0.29) is 11.6 Å². The van der Waals surface area contributed by atoms with Gasteiger partial charge in [-0.15, -0.1) is 0 Å². The summed E-state index contributed by atoms with van der Waals surface area (Å²) in [7, 11) is 3.01. The van der Waals surface area contributed by atoms with E-state index in [4.69, 9.17) is 11.6 Å². The van der Waals surface area contributed by atoms with Crippen LogP contribution in [-0.4, -0.2) is 20.6 Å². The average Bonchev–Trinajstić information content (AvgIpc) is 3.02. The van der Waals surface area contributed by atoms with Gasteiger partial charge in [-0.3, -0.25) is 18.7 Å². The molecule has 2 atom stereocenters. The maximum Gasteiger partial charge on any atom is 0.332 e. The van der Waals surface area contributed by atoms with Crippen LogP contribution < -0.4 is 11.2 Å². The van der Waals surface area contributed by atoms with Crippen molar-refractivity contribution in [2.75, 3.05) is 0 Å². The number of carbonyl (C=O) groups excluding carboxylic acids is 1. The molecule has 2 aromatic carbocycles. The molecule has 2 unspecified atom stereocenters. The van der Waals surface area contributed by atoms with Crippen molar-refractivity contribution in [2.24, 2.45) is 25.0 Å². The number of benzene rings is 2. The predicted molar refractivity (Wildman–Crippen MR) is 111 cm³/mol. The van der Waals surface area contributed by atoms with Crippen molar-refractivity contribution in [3.8, 4) is 0 Å². The van der Waals surface area contributed by atoms with Crippen LogP contribution in [0.1, 0.15) is 33.0 Å². The maximum atomic E-state index is 13.4. The van der Waals surface area contributed by atoms with Crippen LogP contribution in [0.2, 0.25) is 5.02 Å². The maximum absolute atomic E-state index is 13.4. The molecular formula is C22H16ClN3O3. The smallest absolute Gasteiger partial charge is 0.293 e. The molecule has 1 aromatic heterocycles. The number of nitrogens with zero attached hydrogens (tertiary/aromatic N) is 3. The van der Waals surface area contributed by atoms with Gasteiger partial charge in [0.1, 0.15) is 5.82 Å². The second kappa shape index (κ2) is 6.12. The number of aromatic nitrogens is 2. The summed E-state index contributed by atoms with van der Waals surface area (Å²) in [5.41, 5.74) is 1.95. The Morgan fingerprint density at radius 3 is 2.24 bits per heavy atom. The lowest BCUT2D eigenvalue weighted by Gasteiger charge is -2.30. The summed E-state index contributed by atoms with van der Waals surface area (Å²) in [6.07, 6.45) is 0. The van der Waals surface area contributed by atoms with Crippen molar-refractivity contribution in [1.82, 2.24) is 9.13 Å². The van der Waals surface area contributed by atoms with Gasteiger partial charge in [-0.2, -0.15) is 0 Å². The average molecular weight is 406 g/mol. The molecule has 144 valence electrons. The van der Waals surface area contributed by atoms with Gasteiger partial charge < -0.3 is 0 Å². The quantitative estimate of drug-likeness (QED) is 0.625. The highest BCUT2D eigenvalue weighted by atomic mass is 35.5. The molecule has 3 aromatic rings. The van der Waals surface area contributed by atoms with Crippen LogP contribution in [0, 0.1) is 5.92 Å². The van der Waals surface area contributed by atoms with Crippen molar-refractivity contribution in [3.05, 3.63) is 96.6 Å². The molecule has 29 heavy (non-hydrogen) atoms. The van der Waals surface area contributed by atoms with Crippen molar-refractivity contribution in [2.45, 2.75) is 5.92 Å². The minimum Gasteiger partial charge on any atom is -0.293 e. The fraction of sp³-hybridized carbons (Fsp3) is 0.182. The van der Waals surface area contributed by atoms with Gasteiger partial charge in [0.2, 0.25) is 0 Å². The molecule has 0 radical (unpaired) electrons. The second-order valence-corrected chi connectivity index (χ2v) is 7.73. The summed E-state index contributed by atoms with van der Waals surface area (Å²) < 4.78 is 2.41. The topological polar surface area (TPSA) is 73.4 Å². The lowest BCUT2D eigenvalue weighted by molar-refractivity contribution is 0.0953. The summed E-state index contributed by atoms with van der Waals surface area (Å²) in [5, 5.41) is 0.462. The molecule has 0 fully saturated rings. The summed E-state index contributed by atoms with van der Waals surface area (Å²) in [4.78, 5) is 43.8. The molecule has 0 amide bonds. The third kappa shape index (κ3) is 2.29. The number of ketones is 1.